The number of aromatic nitrogens is 3. The fraction of sp³-hybridized carbons (Fsp3) is 0. The van der Waals surface area contributed by atoms with Crippen LogP contribution in [0.5, 0.6) is 0 Å². The highest BCUT2D eigenvalue weighted by Crippen LogP contribution is 2.18. The standard InChI is InChI=1S/C17H14N4/c1-3-7-14(8-4-1)11-16(15-9-5-2-6-10-15)21-17-19-12-18-13-20-17/h1-13H,(H,18,19,20,21). The monoisotopic (exact) mass is 274 g/mol. The van der Waals surface area contributed by atoms with Crippen molar-refractivity contribution in [1.82, 2.24) is 15.0 Å². The predicted octanol–water partition coefficient (Wildman–Crippen LogP) is 3.48. The molecule has 0 spiro atoms. The molecule has 0 aliphatic heterocycles. The first-order chi connectivity index (χ1) is 10.4. The predicted molar refractivity (Wildman–Crippen MR) is 84.2 cm³/mol. The summed E-state index contributed by atoms with van der Waals surface area (Å²) in [6, 6.07) is 20.2. The average Bonchev–Trinajstić information content (AvgIpc) is 2.57. The van der Waals surface area contributed by atoms with E-state index in [1.54, 1.807) is 0 Å². The molecule has 1 heterocycles. The summed E-state index contributed by atoms with van der Waals surface area (Å²) in [7, 11) is 0. The van der Waals surface area contributed by atoms with Gasteiger partial charge in [0.25, 0.3) is 0 Å². The van der Waals surface area contributed by atoms with E-state index in [1.807, 2.05) is 48.5 Å². The molecule has 102 valence electrons. The number of hydrogen-bond donors (Lipinski definition) is 1. The van der Waals surface area contributed by atoms with Crippen molar-refractivity contribution in [1.29, 1.82) is 0 Å². The van der Waals surface area contributed by atoms with Gasteiger partial charge >= 0.3 is 0 Å². The molecular formula is C17H14N4. The second-order valence-electron chi connectivity index (χ2n) is 4.42. The Morgan fingerprint density at radius 3 is 2.10 bits per heavy atom. The van der Waals surface area contributed by atoms with Gasteiger partial charge in [0.1, 0.15) is 12.7 Å². The Balaban J connectivity index is 1.97. The molecule has 2 aromatic carbocycles. The quantitative estimate of drug-likeness (QED) is 0.740. The smallest absolute Gasteiger partial charge is 0.230 e. The van der Waals surface area contributed by atoms with Gasteiger partial charge in [-0.15, -0.1) is 0 Å². The van der Waals surface area contributed by atoms with Crippen LogP contribution in [0.25, 0.3) is 11.8 Å². The third-order valence-corrected chi connectivity index (χ3v) is 2.94. The van der Waals surface area contributed by atoms with E-state index in [1.165, 1.54) is 12.7 Å². The zero-order valence-corrected chi connectivity index (χ0v) is 11.3. The van der Waals surface area contributed by atoms with Gasteiger partial charge in [-0.25, -0.2) is 15.0 Å². The first-order valence-electron chi connectivity index (χ1n) is 6.63. The largest absolute Gasteiger partial charge is 0.324 e. The molecule has 4 heteroatoms. The van der Waals surface area contributed by atoms with E-state index >= 15 is 0 Å². The van der Waals surface area contributed by atoms with Crippen molar-refractivity contribution >= 4 is 17.7 Å². The topological polar surface area (TPSA) is 50.7 Å². The van der Waals surface area contributed by atoms with Gasteiger partial charge in [0.2, 0.25) is 5.95 Å². The molecule has 0 atom stereocenters. The number of nitrogens with zero attached hydrogens (tertiary/aromatic N) is 3. The van der Waals surface area contributed by atoms with E-state index in [0.29, 0.717) is 5.95 Å². The minimum absolute atomic E-state index is 0.524. The molecule has 0 bridgehead atoms. The fourth-order valence-electron chi connectivity index (χ4n) is 1.95. The molecule has 0 saturated carbocycles. The lowest BCUT2D eigenvalue weighted by molar-refractivity contribution is 1.05. The van der Waals surface area contributed by atoms with Crippen LogP contribution in [-0.2, 0) is 0 Å². The van der Waals surface area contributed by atoms with E-state index in [2.05, 4.69) is 38.5 Å². The summed E-state index contributed by atoms with van der Waals surface area (Å²) in [5.41, 5.74) is 3.12. The second kappa shape index (κ2) is 6.43. The summed E-state index contributed by atoms with van der Waals surface area (Å²) >= 11 is 0. The van der Waals surface area contributed by atoms with Crippen molar-refractivity contribution in [3.05, 3.63) is 84.4 Å². The summed E-state index contributed by atoms with van der Waals surface area (Å²) in [5.74, 6) is 0.524. The van der Waals surface area contributed by atoms with Crippen molar-refractivity contribution < 1.29 is 0 Å². The molecular weight excluding hydrogens is 260 g/mol. The van der Waals surface area contributed by atoms with Crippen LogP contribution < -0.4 is 5.32 Å². The van der Waals surface area contributed by atoms with Gasteiger partial charge in [-0.3, -0.25) is 0 Å². The molecule has 3 aromatic rings. The van der Waals surface area contributed by atoms with Crippen LogP contribution in [-0.4, -0.2) is 15.0 Å². The molecule has 0 fully saturated rings. The summed E-state index contributed by atoms with van der Waals surface area (Å²) in [5, 5.41) is 3.24. The highest BCUT2D eigenvalue weighted by atomic mass is 15.1. The van der Waals surface area contributed by atoms with Gasteiger partial charge in [0.05, 0.1) is 0 Å². The maximum absolute atomic E-state index is 4.11. The Kier molecular flexibility index (Phi) is 3.98. The van der Waals surface area contributed by atoms with Crippen LogP contribution in [0.2, 0.25) is 0 Å². The van der Waals surface area contributed by atoms with Crippen LogP contribution in [0.4, 0.5) is 5.95 Å². The first-order valence-corrected chi connectivity index (χ1v) is 6.63. The second-order valence-corrected chi connectivity index (χ2v) is 4.42. The number of hydrogen-bond acceptors (Lipinski definition) is 4. The fourth-order valence-corrected chi connectivity index (χ4v) is 1.95. The molecule has 0 aliphatic carbocycles. The van der Waals surface area contributed by atoms with Crippen LogP contribution in [0, 0.1) is 0 Å². The lowest BCUT2D eigenvalue weighted by Gasteiger charge is -2.10. The van der Waals surface area contributed by atoms with Crippen molar-refractivity contribution in [2.45, 2.75) is 0 Å². The minimum atomic E-state index is 0.524. The number of anilines is 1. The summed E-state index contributed by atoms with van der Waals surface area (Å²) < 4.78 is 0. The van der Waals surface area contributed by atoms with Gasteiger partial charge < -0.3 is 5.32 Å². The Labute approximate surface area is 123 Å². The van der Waals surface area contributed by atoms with Gasteiger partial charge in [-0.05, 0) is 17.2 Å². The highest BCUT2D eigenvalue weighted by molar-refractivity contribution is 5.87. The summed E-state index contributed by atoms with van der Waals surface area (Å²) in [4.78, 5) is 12.1. The van der Waals surface area contributed by atoms with Crippen LogP contribution >= 0.6 is 0 Å². The van der Waals surface area contributed by atoms with E-state index < -0.39 is 0 Å². The number of benzene rings is 2. The maximum atomic E-state index is 4.11. The lowest BCUT2D eigenvalue weighted by Crippen LogP contribution is -2.02. The maximum Gasteiger partial charge on any atom is 0.230 e. The molecule has 3 rings (SSSR count). The van der Waals surface area contributed by atoms with Crippen LogP contribution in [0.3, 0.4) is 0 Å². The lowest BCUT2D eigenvalue weighted by atomic mass is 10.1. The number of rotatable bonds is 4. The SMILES string of the molecule is C(=C(Nc1ncncn1)c1ccccc1)c1ccccc1. The van der Waals surface area contributed by atoms with Crippen LogP contribution in [0.1, 0.15) is 11.1 Å². The Bertz CT molecular complexity index is 710. The average molecular weight is 274 g/mol. The van der Waals surface area contributed by atoms with Crippen molar-refractivity contribution in [2.75, 3.05) is 5.32 Å². The number of nitrogens with one attached hydrogen (secondary N) is 1. The molecule has 1 N–H and O–H groups in total. The molecule has 21 heavy (non-hydrogen) atoms. The molecule has 0 radical (unpaired) electrons. The van der Waals surface area contributed by atoms with Crippen molar-refractivity contribution in [3.63, 3.8) is 0 Å². The van der Waals surface area contributed by atoms with Crippen molar-refractivity contribution in [2.24, 2.45) is 0 Å². The first kappa shape index (κ1) is 13.0. The van der Waals surface area contributed by atoms with Gasteiger partial charge in [0.15, 0.2) is 0 Å². The third kappa shape index (κ3) is 3.51. The van der Waals surface area contributed by atoms with E-state index in [-0.39, 0.29) is 0 Å². The molecule has 4 nitrogen and oxygen atoms in total. The molecule has 1 aromatic heterocycles. The van der Waals surface area contributed by atoms with E-state index in [9.17, 15) is 0 Å². The molecule has 0 aliphatic rings. The normalized spacial score (nSPS) is 11.1. The Morgan fingerprint density at radius 2 is 1.43 bits per heavy atom. The zero-order valence-electron chi connectivity index (χ0n) is 11.3. The third-order valence-electron chi connectivity index (χ3n) is 2.94. The summed E-state index contributed by atoms with van der Waals surface area (Å²) in [6.45, 7) is 0. The van der Waals surface area contributed by atoms with Gasteiger partial charge in [0, 0.05) is 5.70 Å². The molecule has 0 unspecified atom stereocenters. The molecule has 0 saturated heterocycles. The van der Waals surface area contributed by atoms with Crippen molar-refractivity contribution in [3.8, 4) is 0 Å². The molecule has 0 amide bonds. The summed E-state index contributed by atoms with van der Waals surface area (Å²) in [6.07, 6.45) is 5.01. The minimum Gasteiger partial charge on any atom is -0.324 e. The van der Waals surface area contributed by atoms with Crippen LogP contribution in [0.15, 0.2) is 73.3 Å². The Hall–Kier alpha value is -3.01. The highest BCUT2D eigenvalue weighted by Gasteiger charge is 2.03. The van der Waals surface area contributed by atoms with E-state index in [0.717, 1.165) is 16.8 Å². The Morgan fingerprint density at radius 1 is 0.810 bits per heavy atom. The van der Waals surface area contributed by atoms with Gasteiger partial charge in [-0.1, -0.05) is 60.7 Å². The van der Waals surface area contributed by atoms with Gasteiger partial charge in [-0.2, -0.15) is 0 Å². The van der Waals surface area contributed by atoms with E-state index in [4.69, 9.17) is 0 Å². The zero-order chi connectivity index (χ0) is 14.3.